The summed E-state index contributed by atoms with van der Waals surface area (Å²) in [5.74, 6) is -2.68. The molecule has 13 heteroatoms. The highest BCUT2D eigenvalue weighted by molar-refractivity contribution is 5.96. The van der Waals surface area contributed by atoms with Crippen LogP contribution in [0, 0.1) is 29.6 Å². The first-order chi connectivity index (χ1) is 23.9. The number of carboxylic acid groups (broad SMARTS) is 1. The number of aryl methyl sites for hydroxylation is 2. The maximum atomic E-state index is 14.2. The number of nitrogens with two attached hydrogens (primary N) is 1. The molecule has 2 aliphatic heterocycles. The monoisotopic (exact) mass is 689 g/mol. The standard InChI is InChI=1S/C35H41N7O.C2HF3O2/c1-26-20-28(10-7-13-36)32(35(43)42-19-18-41(24-27(42)2)34-12-6-4-9-30(34)23-38)21-31(26)25-39-14-16-40(17-15-39)33-11-5-3-8-29(33)22-37;3-2(4,5)1(6)7/h3-6,8-9,11-12,20-21,27H,7,10,13-19,24-25,36H2,1-2H3;(H,6,7)/t27-;/m0./s1. The van der Waals surface area contributed by atoms with Crippen molar-refractivity contribution in [2.75, 3.05) is 62.2 Å². The van der Waals surface area contributed by atoms with Gasteiger partial charge in [0.05, 0.1) is 22.5 Å². The van der Waals surface area contributed by atoms with Gasteiger partial charge in [-0.15, -0.1) is 0 Å². The van der Waals surface area contributed by atoms with Crippen LogP contribution in [0.2, 0.25) is 0 Å². The molecule has 0 bridgehead atoms. The lowest BCUT2D eigenvalue weighted by molar-refractivity contribution is -0.192. The van der Waals surface area contributed by atoms with E-state index in [0.29, 0.717) is 37.3 Å². The van der Waals surface area contributed by atoms with E-state index in [4.69, 9.17) is 15.6 Å². The Morgan fingerprint density at radius 1 is 0.880 bits per heavy atom. The van der Waals surface area contributed by atoms with E-state index in [1.165, 1.54) is 11.1 Å². The summed E-state index contributed by atoms with van der Waals surface area (Å²) in [5, 5.41) is 26.2. The van der Waals surface area contributed by atoms with Gasteiger partial charge in [0, 0.05) is 64.0 Å². The number of carbonyl (C=O) groups is 2. The van der Waals surface area contributed by atoms with Crippen molar-refractivity contribution in [3.63, 3.8) is 0 Å². The summed E-state index contributed by atoms with van der Waals surface area (Å²) in [4.78, 5) is 32.0. The Kier molecular flexibility index (Phi) is 12.8. The number of nitrogens with zero attached hydrogens (tertiary/aromatic N) is 6. The first-order valence-electron chi connectivity index (χ1n) is 16.5. The number of halogens is 3. The van der Waals surface area contributed by atoms with Gasteiger partial charge < -0.3 is 25.5 Å². The third kappa shape index (κ3) is 9.31. The molecule has 3 aromatic carbocycles. The molecule has 50 heavy (non-hydrogen) atoms. The Labute approximate surface area is 290 Å². The van der Waals surface area contributed by atoms with E-state index in [2.05, 4.69) is 52.8 Å². The lowest BCUT2D eigenvalue weighted by atomic mass is 9.94. The minimum absolute atomic E-state index is 0.00414. The van der Waals surface area contributed by atoms with Gasteiger partial charge in [-0.1, -0.05) is 30.3 Å². The molecule has 0 unspecified atom stereocenters. The van der Waals surface area contributed by atoms with Gasteiger partial charge in [0.1, 0.15) is 12.1 Å². The average molecular weight is 690 g/mol. The number of aliphatic carboxylic acids is 1. The van der Waals surface area contributed by atoms with E-state index in [1.807, 2.05) is 53.4 Å². The van der Waals surface area contributed by atoms with Crippen LogP contribution in [0.15, 0.2) is 60.7 Å². The van der Waals surface area contributed by atoms with Gasteiger partial charge in [-0.25, -0.2) is 4.79 Å². The van der Waals surface area contributed by atoms with Crippen LogP contribution in [0.1, 0.15) is 51.5 Å². The maximum Gasteiger partial charge on any atom is 0.490 e. The van der Waals surface area contributed by atoms with E-state index in [1.54, 1.807) is 0 Å². The zero-order valence-electron chi connectivity index (χ0n) is 28.3. The summed E-state index contributed by atoms with van der Waals surface area (Å²) < 4.78 is 31.7. The van der Waals surface area contributed by atoms with Crippen molar-refractivity contribution in [1.29, 1.82) is 10.5 Å². The highest BCUT2D eigenvalue weighted by Gasteiger charge is 2.38. The van der Waals surface area contributed by atoms with Crippen molar-refractivity contribution in [3.8, 4) is 12.1 Å². The number of hydrogen-bond acceptors (Lipinski definition) is 8. The summed E-state index contributed by atoms with van der Waals surface area (Å²) in [6.07, 6.45) is -3.47. The van der Waals surface area contributed by atoms with Crippen LogP contribution in [0.25, 0.3) is 0 Å². The fourth-order valence-electron chi connectivity index (χ4n) is 6.39. The third-order valence-corrected chi connectivity index (χ3v) is 9.07. The number of rotatable bonds is 8. The number of anilines is 2. The predicted octanol–water partition coefficient (Wildman–Crippen LogP) is 4.94. The molecule has 264 valence electrons. The summed E-state index contributed by atoms with van der Waals surface area (Å²) in [7, 11) is 0. The highest BCUT2D eigenvalue weighted by Crippen LogP contribution is 2.27. The molecule has 10 nitrogen and oxygen atoms in total. The largest absolute Gasteiger partial charge is 0.490 e. The summed E-state index contributed by atoms with van der Waals surface area (Å²) in [5.41, 5.74) is 13.4. The Balaban J connectivity index is 0.000000727. The fourth-order valence-corrected chi connectivity index (χ4v) is 6.39. The minimum atomic E-state index is -5.08. The third-order valence-electron chi connectivity index (χ3n) is 9.07. The van der Waals surface area contributed by atoms with Gasteiger partial charge in [-0.05, 0) is 80.3 Å². The van der Waals surface area contributed by atoms with E-state index in [9.17, 15) is 28.5 Å². The van der Waals surface area contributed by atoms with Crippen LogP contribution in [0.3, 0.4) is 0 Å². The molecule has 3 N–H and O–H groups in total. The minimum Gasteiger partial charge on any atom is -0.475 e. The number of carboxylic acids is 1. The van der Waals surface area contributed by atoms with Crippen LogP contribution in [-0.4, -0.2) is 91.4 Å². The fraction of sp³-hybridized carbons (Fsp3) is 0.405. The number of para-hydroxylation sites is 2. The molecular formula is C37H42F3N7O3. The highest BCUT2D eigenvalue weighted by atomic mass is 19.4. The first-order valence-corrected chi connectivity index (χ1v) is 16.5. The number of nitriles is 2. The first kappa shape index (κ1) is 37.7. The Morgan fingerprint density at radius 3 is 1.94 bits per heavy atom. The van der Waals surface area contributed by atoms with Crippen molar-refractivity contribution in [2.24, 2.45) is 5.73 Å². The SMILES string of the molecule is Cc1cc(CCCN)c(C(=O)N2CCN(c3ccccc3C#N)C[C@@H]2C)cc1CN1CCN(c2ccccc2C#N)CC1.O=C(O)C(F)(F)F. The Hall–Kier alpha value is -5.11. The van der Waals surface area contributed by atoms with Gasteiger partial charge in [0.2, 0.25) is 0 Å². The molecular weight excluding hydrogens is 647 g/mol. The molecule has 2 saturated heterocycles. The predicted molar refractivity (Wildman–Crippen MR) is 185 cm³/mol. The average Bonchev–Trinajstić information content (AvgIpc) is 3.11. The van der Waals surface area contributed by atoms with Crippen molar-refractivity contribution >= 4 is 23.3 Å². The molecule has 1 amide bonds. The van der Waals surface area contributed by atoms with E-state index < -0.39 is 12.1 Å². The zero-order chi connectivity index (χ0) is 36.4. The summed E-state index contributed by atoms with van der Waals surface area (Å²) in [6.45, 7) is 11.1. The normalized spacial score (nSPS) is 16.6. The molecule has 2 heterocycles. The molecule has 5 rings (SSSR count). The Bertz CT molecular complexity index is 1740. The number of alkyl halides is 3. The molecule has 1 atom stereocenters. The zero-order valence-corrected chi connectivity index (χ0v) is 28.3. The van der Waals surface area contributed by atoms with Crippen LogP contribution >= 0.6 is 0 Å². The van der Waals surface area contributed by atoms with Crippen LogP contribution in [0.4, 0.5) is 24.5 Å². The smallest absolute Gasteiger partial charge is 0.475 e. The van der Waals surface area contributed by atoms with Gasteiger partial charge >= 0.3 is 12.1 Å². The second-order valence-electron chi connectivity index (χ2n) is 12.4. The molecule has 0 spiro atoms. The maximum absolute atomic E-state index is 14.2. The van der Waals surface area contributed by atoms with E-state index >= 15 is 0 Å². The molecule has 0 aromatic heterocycles. The van der Waals surface area contributed by atoms with Gasteiger partial charge in [0.25, 0.3) is 5.91 Å². The lowest BCUT2D eigenvalue weighted by Gasteiger charge is -2.41. The molecule has 0 aliphatic carbocycles. The molecule has 0 saturated carbocycles. The van der Waals surface area contributed by atoms with Crippen LogP contribution in [0.5, 0.6) is 0 Å². The van der Waals surface area contributed by atoms with Crippen molar-refractivity contribution in [3.05, 3.63) is 94.0 Å². The summed E-state index contributed by atoms with van der Waals surface area (Å²) >= 11 is 0. The van der Waals surface area contributed by atoms with Crippen molar-refractivity contribution in [1.82, 2.24) is 9.80 Å². The molecule has 0 radical (unpaired) electrons. The van der Waals surface area contributed by atoms with Crippen LogP contribution in [-0.2, 0) is 17.8 Å². The second-order valence-corrected chi connectivity index (χ2v) is 12.4. The van der Waals surface area contributed by atoms with Crippen LogP contribution < -0.4 is 15.5 Å². The quantitative estimate of drug-likeness (QED) is 0.337. The van der Waals surface area contributed by atoms with Gasteiger partial charge in [-0.2, -0.15) is 23.7 Å². The van der Waals surface area contributed by atoms with Gasteiger partial charge in [0.15, 0.2) is 0 Å². The molecule has 2 fully saturated rings. The Morgan fingerprint density at radius 2 is 1.42 bits per heavy atom. The topological polar surface area (TPSA) is 141 Å². The van der Waals surface area contributed by atoms with E-state index in [0.717, 1.165) is 68.1 Å². The number of carbonyl (C=O) groups excluding carboxylic acids is 1. The molecule has 2 aliphatic rings. The number of benzene rings is 3. The molecule has 3 aromatic rings. The van der Waals surface area contributed by atoms with Crippen molar-refractivity contribution < 1.29 is 27.9 Å². The van der Waals surface area contributed by atoms with E-state index in [-0.39, 0.29) is 11.9 Å². The van der Waals surface area contributed by atoms with Crippen molar-refractivity contribution in [2.45, 2.75) is 45.5 Å². The van der Waals surface area contributed by atoms with Gasteiger partial charge in [-0.3, -0.25) is 9.69 Å². The lowest BCUT2D eigenvalue weighted by Crippen LogP contribution is -2.54. The number of amides is 1. The summed E-state index contributed by atoms with van der Waals surface area (Å²) in [6, 6.07) is 24.4. The number of hydrogen-bond donors (Lipinski definition) is 2. The second kappa shape index (κ2) is 17.0. The number of piperazine rings is 2.